The molecule has 21 heavy (non-hydrogen) atoms. The highest BCUT2D eigenvalue weighted by molar-refractivity contribution is 7.99. The van der Waals surface area contributed by atoms with Gasteiger partial charge < -0.3 is 9.88 Å². The largest absolute Gasteiger partial charge is 0.354 e. The molecule has 0 saturated carbocycles. The third kappa shape index (κ3) is 4.06. The Bertz CT molecular complexity index is 630. The molecule has 2 heterocycles. The van der Waals surface area contributed by atoms with Crippen molar-refractivity contribution in [2.24, 2.45) is 0 Å². The zero-order chi connectivity index (χ0) is 15.1. The van der Waals surface area contributed by atoms with Gasteiger partial charge in [0.25, 0.3) is 0 Å². The molecule has 6 nitrogen and oxygen atoms in total. The van der Waals surface area contributed by atoms with Crippen LogP contribution in [-0.4, -0.2) is 33.0 Å². The van der Waals surface area contributed by atoms with Crippen LogP contribution in [0, 0.1) is 11.3 Å². The van der Waals surface area contributed by atoms with E-state index < -0.39 is 0 Å². The SMILES string of the molecule is CCn1c(SCC(=O)NCCC#N)nnc1-c1cccs1. The van der Waals surface area contributed by atoms with Crippen LogP contribution in [0.2, 0.25) is 0 Å². The zero-order valence-electron chi connectivity index (χ0n) is 11.6. The fourth-order valence-electron chi connectivity index (χ4n) is 1.71. The Morgan fingerprint density at radius 3 is 3.10 bits per heavy atom. The van der Waals surface area contributed by atoms with Gasteiger partial charge in [-0.3, -0.25) is 4.79 Å². The molecule has 0 aliphatic carbocycles. The number of aromatic nitrogens is 3. The molecule has 0 aliphatic heterocycles. The molecule has 0 fully saturated rings. The van der Waals surface area contributed by atoms with Crippen molar-refractivity contribution in [3.63, 3.8) is 0 Å². The van der Waals surface area contributed by atoms with Crippen molar-refractivity contribution in [1.29, 1.82) is 5.26 Å². The van der Waals surface area contributed by atoms with Crippen LogP contribution in [0.3, 0.4) is 0 Å². The van der Waals surface area contributed by atoms with E-state index in [1.54, 1.807) is 11.3 Å². The van der Waals surface area contributed by atoms with Crippen LogP contribution in [0.1, 0.15) is 13.3 Å². The number of nitrogens with zero attached hydrogens (tertiary/aromatic N) is 4. The maximum absolute atomic E-state index is 11.6. The van der Waals surface area contributed by atoms with E-state index in [0.29, 0.717) is 13.0 Å². The molecule has 0 atom stereocenters. The first-order valence-electron chi connectivity index (χ1n) is 6.49. The lowest BCUT2D eigenvalue weighted by molar-refractivity contribution is -0.118. The molecule has 8 heteroatoms. The van der Waals surface area contributed by atoms with Crippen LogP contribution in [0.25, 0.3) is 10.7 Å². The predicted molar refractivity (Wildman–Crippen MR) is 83.0 cm³/mol. The van der Waals surface area contributed by atoms with Gasteiger partial charge in [0.15, 0.2) is 11.0 Å². The topological polar surface area (TPSA) is 83.6 Å². The van der Waals surface area contributed by atoms with Gasteiger partial charge in [-0.1, -0.05) is 17.8 Å². The lowest BCUT2D eigenvalue weighted by Gasteiger charge is -2.06. The second-order valence-corrected chi connectivity index (χ2v) is 5.96. The summed E-state index contributed by atoms with van der Waals surface area (Å²) in [6.07, 6.45) is 0.323. The molecule has 0 spiro atoms. The molecular weight excluding hydrogens is 306 g/mol. The molecule has 0 bridgehead atoms. The fraction of sp³-hybridized carbons (Fsp3) is 0.385. The van der Waals surface area contributed by atoms with Gasteiger partial charge in [0.2, 0.25) is 5.91 Å². The Hall–Kier alpha value is -1.85. The molecular formula is C13H15N5OS2. The van der Waals surface area contributed by atoms with Gasteiger partial charge >= 0.3 is 0 Å². The average molecular weight is 321 g/mol. The molecule has 2 rings (SSSR count). The standard InChI is InChI=1S/C13H15N5OS2/c1-2-18-12(10-5-3-8-20-10)16-17-13(18)21-9-11(19)15-7-4-6-14/h3,5,8H,2,4,7,9H2,1H3,(H,15,19). The minimum atomic E-state index is -0.0985. The Kier molecular flexibility index (Phi) is 5.78. The van der Waals surface area contributed by atoms with E-state index >= 15 is 0 Å². The van der Waals surface area contributed by atoms with E-state index in [1.165, 1.54) is 11.8 Å². The third-order valence-electron chi connectivity index (χ3n) is 2.67. The number of carbonyl (C=O) groups excluding carboxylic acids is 1. The zero-order valence-corrected chi connectivity index (χ0v) is 13.2. The van der Waals surface area contributed by atoms with Crippen molar-refractivity contribution < 1.29 is 4.79 Å². The van der Waals surface area contributed by atoms with Crippen molar-refractivity contribution in [1.82, 2.24) is 20.1 Å². The minimum Gasteiger partial charge on any atom is -0.354 e. The molecule has 2 aromatic heterocycles. The van der Waals surface area contributed by atoms with E-state index in [2.05, 4.69) is 15.5 Å². The molecule has 0 radical (unpaired) electrons. The molecule has 0 aliphatic rings. The first kappa shape index (κ1) is 15.5. The Morgan fingerprint density at radius 2 is 2.43 bits per heavy atom. The summed E-state index contributed by atoms with van der Waals surface area (Å²) < 4.78 is 2.00. The lowest BCUT2D eigenvalue weighted by Crippen LogP contribution is -2.26. The number of hydrogen-bond acceptors (Lipinski definition) is 6. The van der Waals surface area contributed by atoms with Crippen LogP contribution in [0.5, 0.6) is 0 Å². The monoisotopic (exact) mass is 321 g/mol. The van der Waals surface area contributed by atoms with Crippen molar-refractivity contribution in [3.05, 3.63) is 17.5 Å². The lowest BCUT2D eigenvalue weighted by atomic mass is 10.4. The predicted octanol–water partition coefficient (Wildman–Crippen LogP) is 2.15. The fourth-order valence-corrected chi connectivity index (χ4v) is 3.26. The third-order valence-corrected chi connectivity index (χ3v) is 4.50. The summed E-state index contributed by atoms with van der Waals surface area (Å²) in [5.74, 6) is 1.01. The number of nitrogens with one attached hydrogen (secondary N) is 1. The van der Waals surface area contributed by atoms with Crippen LogP contribution < -0.4 is 5.32 Å². The molecule has 0 unspecified atom stereocenters. The maximum atomic E-state index is 11.6. The maximum Gasteiger partial charge on any atom is 0.230 e. The Balaban J connectivity index is 1.98. The first-order valence-corrected chi connectivity index (χ1v) is 8.36. The molecule has 2 aromatic rings. The van der Waals surface area contributed by atoms with Gasteiger partial charge in [-0.25, -0.2) is 0 Å². The number of thiophene rings is 1. The molecule has 110 valence electrons. The summed E-state index contributed by atoms with van der Waals surface area (Å²) in [5.41, 5.74) is 0. The summed E-state index contributed by atoms with van der Waals surface area (Å²) >= 11 is 2.97. The Morgan fingerprint density at radius 1 is 1.57 bits per heavy atom. The van der Waals surface area contributed by atoms with E-state index in [9.17, 15) is 4.79 Å². The number of rotatable bonds is 7. The van der Waals surface area contributed by atoms with E-state index in [0.717, 1.165) is 22.4 Å². The van der Waals surface area contributed by atoms with Gasteiger partial charge in [-0.05, 0) is 18.4 Å². The molecule has 0 saturated heterocycles. The molecule has 0 aromatic carbocycles. The van der Waals surface area contributed by atoms with Gasteiger partial charge in [-0.15, -0.1) is 21.5 Å². The summed E-state index contributed by atoms with van der Waals surface area (Å²) in [6, 6.07) is 5.97. The van der Waals surface area contributed by atoms with Crippen molar-refractivity contribution in [2.75, 3.05) is 12.3 Å². The Labute approximate surface area is 131 Å². The smallest absolute Gasteiger partial charge is 0.230 e. The highest BCUT2D eigenvalue weighted by atomic mass is 32.2. The summed E-state index contributed by atoms with van der Waals surface area (Å²) in [5, 5.41) is 22.2. The van der Waals surface area contributed by atoms with Gasteiger partial charge in [0, 0.05) is 13.1 Å². The number of amides is 1. The van der Waals surface area contributed by atoms with Gasteiger partial charge in [-0.2, -0.15) is 5.26 Å². The van der Waals surface area contributed by atoms with E-state index in [4.69, 9.17) is 5.26 Å². The number of hydrogen-bond donors (Lipinski definition) is 1. The van der Waals surface area contributed by atoms with Crippen molar-refractivity contribution in [2.45, 2.75) is 25.0 Å². The summed E-state index contributed by atoms with van der Waals surface area (Å²) in [4.78, 5) is 12.7. The molecule has 1 amide bonds. The average Bonchev–Trinajstić information content (AvgIpc) is 3.13. The van der Waals surface area contributed by atoms with Gasteiger partial charge in [0.05, 0.1) is 23.1 Å². The van der Waals surface area contributed by atoms with Crippen LogP contribution in [0.15, 0.2) is 22.7 Å². The number of carbonyl (C=O) groups is 1. The van der Waals surface area contributed by atoms with Crippen molar-refractivity contribution in [3.8, 4) is 16.8 Å². The van der Waals surface area contributed by atoms with Gasteiger partial charge in [0.1, 0.15) is 0 Å². The van der Waals surface area contributed by atoms with Crippen LogP contribution in [0.4, 0.5) is 0 Å². The van der Waals surface area contributed by atoms with Crippen molar-refractivity contribution >= 4 is 29.0 Å². The highest BCUT2D eigenvalue weighted by Crippen LogP contribution is 2.26. The molecule has 1 N–H and O–H groups in total. The number of nitriles is 1. The van der Waals surface area contributed by atoms with E-state index in [1.807, 2.05) is 35.1 Å². The number of thioether (sulfide) groups is 1. The summed E-state index contributed by atoms with van der Waals surface area (Å²) in [7, 11) is 0. The second-order valence-electron chi connectivity index (χ2n) is 4.07. The minimum absolute atomic E-state index is 0.0985. The quantitative estimate of drug-likeness (QED) is 0.624. The summed E-state index contributed by atoms with van der Waals surface area (Å²) in [6.45, 7) is 3.16. The van der Waals surface area contributed by atoms with Crippen LogP contribution >= 0.6 is 23.1 Å². The van der Waals surface area contributed by atoms with Crippen LogP contribution in [-0.2, 0) is 11.3 Å². The second kappa shape index (κ2) is 7.81. The van der Waals surface area contributed by atoms with E-state index in [-0.39, 0.29) is 11.7 Å². The normalized spacial score (nSPS) is 10.3. The first-order chi connectivity index (χ1) is 10.3. The highest BCUT2D eigenvalue weighted by Gasteiger charge is 2.14.